The molecule has 9 rings (SSSR count). The van der Waals surface area contributed by atoms with Gasteiger partial charge in [0.1, 0.15) is 0 Å². The highest BCUT2D eigenvalue weighted by atomic mass is 15.1. The first kappa shape index (κ1) is 29.9. The maximum atomic E-state index is 2.40. The Morgan fingerprint density at radius 2 is 0.820 bits per heavy atom. The topological polar surface area (TPSA) is 3.24 Å². The monoisotopic (exact) mass is 639 g/mol. The maximum absolute atomic E-state index is 2.40. The van der Waals surface area contributed by atoms with Gasteiger partial charge in [0.15, 0.2) is 0 Å². The zero-order valence-corrected chi connectivity index (χ0v) is 28.3. The largest absolute Gasteiger partial charge is 0.311 e. The summed E-state index contributed by atoms with van der Waals surface area (Å²) in [6.45, 7) is 4.68. The third-order valence-electron chi connectivity index (χ3n) is 10.5. The molecule has 0 fully saturated rings. The van der Waals surface area contributed by atoms with E-state index in [4.69, 9.17) is 0 Å². The van der Waals surface area contributed by atoms with E-state index in [9.17, 15) is 0 Å². The smallest absolute Gasteiger partial charge is 0.0462 e. The minimum atomic E-state index is -0.0180. The summed E-state index contributed by atoms with van der Waals surface area (Å²) < 4.78 is 0. The second-order valence-corrected chi connectivity index (χ2v) is 13.8. The molecule has 1 nitrogen and oxygen atoms in total. The molecule has 0 unspecified atom stereocenters. The molecular formula is C49H37N. The van der Waals surface area contributed by atoms with Crippen molar-refractivity contribution in [2.24, 2.45) is 0 Å². The molecule has 1 aliphatic carbocycles. The molecule has 0 bridgehead atoms. The molecule has 0 radical (unpaired) electrons. The highest BCUT2D eigenvalue weighted by molar-refractivity contribution is 5.88. The SMILES string of the molecule is CC1(C)c2ccccc2-c2ccc(-c3ccc(N(c4ccccc4)c4ccc(-c5cccc(-c6ccc7ccccc7c6)c5)cc4)cc3)cc21. The Morgan fingerprint density at radius 3 is 1.54 bits per heavy atom. The van der Waals surface area contributed by atoms with Crippen LogP contribution >= 0.6 is 0 Å². The Morgan fingerprint density at radius 1 is 0.320 bits per heavy atom. The Bertz CT molecular complexity index is 2490. The quantitative estimate of drug-likeness (QED) is 0.175. The molecule has 0 saturated carbocycles. The third-order valence-corrected chi connectivity index (χ3v) is 10.5. The van der Waals surface area contributed by atoms with Crippen LogP contribution in [-0.2, 0) is 5.41 Å². The fraction of sp³-hybridized carbons (Fsp3) is 0.0612. The standard InChI is InChI=1S/C49H37N/c1-49(2)47-18-9-8-17-45(47)46-30-25-41(33-48(46)49)36-23-28-44(29-24-36)50(42-15-4-3-5-16-42)43-26-21-35(22-27-43)38-13-10-14-39(31-38)40-20-19-34-11-6-7-12-37(34)32-40/h3-33H,1-2H3. The normalized spacial score (nSPS) is 12.8. The fourth-order valence-electron chi connectivity index (χ4n) is 7.76. The lowest BCUT2D eigenvalue weighted by molar-refractivity contribution is 0.660. The fourth-order valence-corrected chi connectivity index (χ4v) is 7.76. The van der Waals surface area contributed by atoms with Gasteiger partial charge in [0.25, 0.3) is 0 Å². The lowest BCUT2D eigenvalue weighted by Crippen LogP contribution is -2.14. The summed E-state index contributed by atoms with van der Waals surface area (Å²) in [4.78, 5) is 2.33. The van der Waals surface area contributed by atoms with E-state index in [2.05, 4.69) is 207 Å². The van der Waals surface area contributed by atoms with Crippen LogP contribution in [0, 0.1) is 0 Å². The first-order chi connectivity index (χ1) is 24.5. The van der Waals surface area contributed by atoms with Crippen molar-refractivity contribution in [3.05, 3.63) is 199 Å². The molecule has 50 heavy (non-hydrogen) atoms. The van der Waals surface area contributed by atoms with Gasteiger partial charge in [0, 0.05) is 22.5 Å². The van der Waals surface area contributed by atoms with Gasteiger partial charge in [-0.1, -0.05) is 147 Å². The molecule has 238 valence electrons. The first-order valence-corrected chi connectivity index (χ1v) is 17.4. The second-order valence-electron chi connectivity index (χ2n) is 13.8. The summed E-state index contributed by atoms with van der Waals surface area (Å²) >= 11 is 0. The lowest BCUT2D eigenvalue weighted by Gasteiger charge is -2.26. The average molecular weight is 640 g/mol. The molecule has 0 heterocycles. The van der Waals surface area contributed by atoms with E-state index in [0.29, 0.717) is 0 Å². The molecule has 0 N–H and O–H groups in total. The highest BCUT2D eigenvalue weighted by Gasteiger charge is 2.35. The lowest BCUT2D eigenvalue weighted by atomic mass is 9.81. The minimum Gasteiger partial charge on any atom is -0.311 e. The van der Waals surface area contributed by atoms with E-state index >= 15 is 0 Å². The second kappa shape index (κ2) is 12.1. The van der Waals surface area contributed by atoms with Crippen molar-refractivity contribution in [3.8, 4) is 44.5 Å². The van der Waals surface area contributed by atoms with E-state index in [1.807, 2.05) is 0 Å². The van der Waals surface area contributed by atoms with Gasteiger partial charge in [0.05, 0.1) is 0 Å². The Labute approximate surface area is 294 Å². The number of anilines is 3. The molecule has 0 amide bonds. The van der Waals surface area contributed by atoms with Gasteiger partial charge in [-0.15, -0.1) is 0 Å². The van der Waals surface area contributed by atoms with Crippen molar-refractivity contribution in [3.63, 3.8) is 0 Å². The van der Waals surface area contributed by atoms with Crippen LogP contribution in [-0.4, -0.2) is 0 Å². The zero-order valence-electron chi connectivity index (χ0n) is 28.3. The Kier molecular flexibility index (Phi) is 7.21. The number of para-hydroxylation sites is 1. The van der Waals surface area contributed by atoms with Gasteiger partial charge in [-0.3, -0.25) is 0 Å². The Hall–Kier alpha value is -6.18. The van der Waals surface area contributed by atoms with Crippen LogP contribution in [0.2, 0.25) is 0 Å². The number of hydrogen-bond acceptors (Lipinski definition) is 1. The van der Waals surface area contributed by atoms with Gasteiger partial charge in [-0.05, 0) is 121 Å². The molecule has 0 saturated heterocycles. The van der Waals surface area contributed by atoms with Crippen LogP contribution in [0.25, 0.3) is 55.3 Å². The van der Waals surface area contributed by atoms with Crippen LogP contribution in [0.4, 0.5) is 17.1 Å². The Balaban J connectivity index is 1.02. The predicted octanol–water partition coefficient (Wildman–Crippen LogP) is 13.6. The molecule has 8 aromatic rings. The molecule has 1 heteroatoms. The van der Waals surface area contributed by atoms with Crippen LogP contribution in [0.1, 0.15) is 25.0 Å². The van der Waals surface area contributed by atoms with Gasteiger partial charge >= 0.3 is 0 Å². The van der Waals surface area contributed by atoms with Gasteiger partial charge < -0.3 is 4.90 Å². The number of benzene rings is 8. The van der Waals surface area contributed by atoms with Crippen molar-refractivity contribution in [1.29, 1.82) is 0 Å². The summed E-state index contributed by atoms with van der Waals surface area (Å²) in [6.07, 6.45) is 0. The van der Waals surface area contributed by atoms with Crippen LogP contribution in [0.3, 0.4) is 0 Å². The van der Waals surface area contributed by atoms with Gasteiger partial charge in [-0.2, -0.15) is 0 Å². The van der Waals surface area contributed by atoms with Crippen molar-refractivity contribution in [2.45, 2.75) is 19.3 Å². The van der Waals surface area contributed by atoms with Crippen LogP contribution in [0.5, 0.6) is 0 Å². The van der Waals surface area contributed by atoms with Gasteiger partial charge in [0.2, 0.25) is 0 Å². The summed E-state index contributed by atoms with van der Waals surface area (Å²) in [5.41, 5.74) is 16.2. The van der Waals surface area contributed by atoms with E-state index in [0.717, 1.165) is 17.1 Å². The highest BCUT2D eigenvalue weighted by Crippen LogP contribution is 2.49. The average Bonchev–Trinajstić information content (AvgIpc) is 3.41. The number of fused-ring (bicyclic) bond motifs is 4. The number of hydrogen-bond donors (Lipinski definition) is 0. The predicted molar refractivity (Wildman–Crippen MR) is 213 cm³/mol. The molecule has 8 aromatic carbocycles. The van der Waals surface area contributed by atoms with E-state index in [-0.39, 0.29) is 5.41 Å². The minimum absolute atomic E-state index is 0.0180. The van der Waals surface area contributed by atoms with Crippen LogP contribution < -0.4 is 4.90 Å². The molecule has 0 spiro atoms. The molecule has 0 atom stereocenters. The van der Waals surface area contributed by atoms with Crippen molar-refractivity contribution in [1.82, 2.24) is 0 Å². The summed E-state index contributed by atoms with van der Waals surface area (Å²) in [6, 6.07) is 68.5. The third kappa shape index (κ3) is 5.19. The van der Waals surface area contributed by atoms with Crippen molar-refractivity contribution < 1.29 is 0 Å². The molecule has 0 aliphatic heterocycles. The summed E-state index contributed by atoms with van der Waals surface area (Å²) in [5, 5.41) is 2.52. The van der Waals surface area contributed by atoms with Crippen molar-refractivity contribution in [2.75, 3.05) is 4.90 Å². The molecule has 0 aromatic heterocycles. The molecule has 1 aliphatic rings. The van der Waals surface area contributed by atoms with Crippen molar-refractivity contribution >= 4 is 27.8 Å². The van der Waals surface area contributed by atoms with E-state index in [1.54, 1.807) is 0 Å². The van der Waals surface area contributed by atoms with Crippen LogP contribution in [0.15, 0.2) is 188 Å². The first-order valence-electron chi connectivity index (χ1n) is 17.4. The molecular weight excluding hydrogens is 603 g/mol. The zero-order chi connectivity index (χ0) is 33.7. The van der Waals surface area contributed by atoms with E-state index in [1.165, 1.54) is 66.4 Å². The number of nitrogens with zero attached hydrogens (tertiary/aromatic N) is 1. The summed E-state index contributed by atoms with van der Waals surface area (Å²) in [7, 11) is 0. The van der Waals surface area contributed by atoms with Gasteiger partial charge in [-0.25, -0.2) is 0 Å². The summed E-state index contributed by atoms with van der Waals surface area (Å²) in [5.74, 6) is 0. The maximum Gasteiger partial charge on any atom is 0.0462 e. The van der Waals surface area contributed by atoms with E-state index < -0.39 is 0 Å². The number of rotatable bonds is 6.